The molecule has 2 rings (SSSR count). The summed E-state index contributed by atoms with van der Waals surface area (Å²) in [4.78, 5) is 21.4. The molecule has 2 heterocycles. The number of amidine groups is 1. The van der Waals surface area contributed by atoms with Crippen LogP contribution >= 0.6 is 0 Å². The van der Waals surface area contributed by atoms with Crippen molar-refractivity contribution in [2.24, 2.45) is 15.0 Å². The molecule has 5 nitrogen and oxygen atoms in total. The minimum atomic E-state index is -3.09. The van der Waals surface area contributed by atoms with Crippen LogP contribution in [0.1, 0.15) is 0 Å². The second kappa shape index (κ2) is 1.80. The van der Waals surface area contributed by atoms with E-state index in [2.05, 4.69) is 26.2 Å². The van der Waals surface area contributed by atoms with E-state index in [-0.39, 0.29) is 10.9 Å². The minimum absolute atomic E-state index is 0.0394. The summed E-state index contributed by atoms with van der Waals surface area (Å²) >= 11 is 4.52. The standard InChI is InChI=1S/C4HN3O2S2/c8-4-7-2-3(6-1-5-2)11(4,9)10/h1H. The number of carbonyl (C=O) groups is 1. The first-order chi connectivity index (χ1) is 5.12. The highest BCUT2D eigenvalue weighted by Crippen LogP contribution is 2.14. The molecule has 0 radical (unpaired) electrons. The quantitative estimate of drug-likeness (QED) is 0.523. The number of aliphatic imine (C=N–C) groups is 3. The van der Waals surface area contributed by atoms with E-state index in [4.69, 9.17) is 0 Å². The van der Waals surface area contributed by atoms with Crippen LogP contribution in [0.3, 0.4) is 0 Å². The van der Waals surface area contributed by atoms with Crippen LogP contribution in [0.15, 0.2) is 15.0 Å². The number of hydrogen-bond acceptors (Lipinski definition) is 5. The van der Waals surface area contributed by atoms with Gasteiger partial charge in [-0.05, 0) is 11.2 Å². The summed E-state index contributed by atoms with van der Waals surface area (Å²) in [6, 6.07) is 0. The molecule has 0 spiro atoms. The molecule has 56 valence electrons. The summed E-state index contributed by atoms with van der Waals surface area (Å²) in [6.45, 7) is 0. The maximum Gasteiger partial charge on any atom is 0.345 e. The van der Waals surface area contributed by atoms with E-state index in [1.165, 1.54) is 6.34 Å². The molecule has 2 aliphatic rings. The van der Waals surface area contributed by atoms with Crippen LogP contribution < -0.4 is 0 Å². The Labute approximate surface area is 66.6 Å². The molecule has 0 bridgehead atoms. The van der Waals surface area contributed by atoms with Crippen LogP contribution in [0.2, 0.25) is 0 Å². The summed E-state index contributed by atoms with van der Waals surface area (Å²) < 4.78 is 11.3. The van der Waals surface area contributed by atoms with Crippen molar-refractivity contribution in [2.45, 2.75) is 0 Å². The number of carbonyl (C=O) groups excluding carboxylic acids is 1. The van der Waals surface area contributed by atoms with Crippen molar-refractivity contribution in [1.82, 2.24) is 0 Å². The zero-order valence-corrected chi connectivity index (χ0v) is 6.68. The predicted molar refractivity (Wildman–Crippen MR) is 44.3 cm³/mol. The zero-order valence-electron chi connectivity index (χ0n) is 5.05. The molecule has 0 aromatic carbocycles. The summed E-state index contributed by atoms with van der Waals surface area (Å²) in [5.41, 5.74) is 0. The Hall–Kier alpha value is -0.950. The van der Waals surface area contributed by atoms with Crippen LogP contribution in [0, 0.1) is 0 Å². The van der Waals surface area contributed by atoms with Gasteiger partial charge in [0.1, 0.15) is 6.34 Å². The monoisotopic (exact) mass is 187 g/mol. The SMILES string of the molecule is O=C1N=C2N=CN=C2S1(=O)=S. The van der Waals surface area contributed by atoms with Crippen LogP contribution in [-0.2, 0) is 19.7 Å². The van der Waals surface area contributed by atoms with Crippen molar-refractivity contribution in [3.05, 3.63) is 0 Å². The fourth-order valence-corrected chi connectivity index (χ4v) is 2.11. The van der Waals surface area contributed by atoms with E-state index in [0.29, 0.717) is 0 Å². The maximum absolute atomic E-state index is 11.3. The summed E-state index contributed by atoms with van der Waals surface area (Å²) in [5.74, 6) is 0.106. The summed E-state index contributed by atoms with van der Waals surface area (Å²) in [5, 5.41) is -0.768. The summed E-state index contributed by atoms with van der Waals surface area (Å²) in [6.07, 6.45) is 1.19. The molecule has 0 saturated heterocycles. The lowest BCUT2D eigenvalue weighted by Crippen LogP contribution is -2.15. The Morgan fingerprint density at radius 2 is 2.27 bits per heavy atom. The number of fused-ring (bicyclic) bond motifs is 1. The average molecular weight is 187 g/mol. The van der Waals surface area contributed by atoms with Crippen LogP contribution in [-0.4, -0.2) is 26.7 Å². The largest absolute Gasteiger partial charge is 0.345 e. The first kappa shape index (κ1) is 6.74. The van der Waals surface area contributed by atoms with Gasteiger partial charge in [-0.1, -0.05) is 0 Å². The number of hydrogen-bond donors (Lipinski definition) is 0. The van der Waals surface area contributed by atoms with E-state index in [0.717, 1.165) is 0 Å². The van der Waals surface area contributed by atoms with Crippen molar-refractivity contribution in [1.29, 1.82) is 0 Å². The van der Waals surface area contributed by atoms with Gasteiger partial charge in [0, 0.05) is 0 Å². The molecule has 2 aliphatic heterocycles. The third-order valence-electron chi connectivity index (χ3n) is 1.23. The normalized spacial score (nSPS) is 33.6. The van der Waals surface area contributed by atoms with Gasteiger partial charge in [-0.25, -0.2) is 14.2 Å². The second-order valence-corrected chi connectivity index (χ2v) is 5.03. The fraction of sp³-hybridized carbons (Fsp3) is 0. The van der Waals surface area contributed by atoms with Gasteiger partial charge < -0.3 is 0 Å². The van der Waals surface area contributed by atoms with Gasteiger partial charge in [0.25, 0.3) is 0 Å². The first-order valence-corrected chi connectivity index (χ1v) is 5.09. The highest BCUT2D eigenvalue weighted by atomic mass is 32.8. The molecule has 0 aliphatic carbocycles. The third kappa shape index (κ3) is 0.717. The Morgan fingerprint density at radius 3 is 2.91 bits per heavy atom. The van der Waals surface area contributed by atoms with Gasteiger partial charge in [-0.15, -0.1) is 0 Å². The van der Waals surface area contributed by atoms with Gasteiger partial charge >= 0.3 is 5.24 Å². The van der Waals surface area contributed by atoms with Gasteiger partial charge in [0.05, 0.1) is 0 Å². The van der Waals surface area contributed by atoms with E-state index in [9.17, 15) is 9.00 Å². The first-order valence-electron chi connectivity index (χ1n) is 2.61. The molecule has 1 amide bonds. The smallest absolute Gasteiger partial charge is 0.256 e. The minimum Gasteiger partial charge on any atom is -0.256 e. The Morgan fingerprint density at radius 1 is 1.55 bits per heavy atom. The van der Waals surface area contributed by atoms with Gasteiger partial charge in [-0.3, -0.25) is 4.79 Å². The molecule has 11 heavy (non-hydrogen) atoms. The number of rotatable bonds is 0. The Balaban J connectivity index is 2.76. The van der Waals surface area contributed by atoms with Gasteiger partial charge in [0.15, 0.2) is 19.4 Å². The van der Waals surface area contributed by atoms with E-state index in [1.54, 1.807) is 0 Å². The van der Waals surface area contributed by atoms with Crippen molar-refractivity contribution >= 4 is 42.1 Å². The van der Waals surface area contributed by atoms with Crippen LogP contribution in [0.4, 0.5) is 4.79 Å². The molecule has 1 unspecified atom stereocenters. The van der Waals surface area contributed by atoms with Crippen molar-refractivity contribution < 1.29 is 9.00 Å². The van der Waals surface area contributed by atoms with E-state index >= 15 is 0 Å². The Kier molecular flexibility index (Phi) is 1.10. The molecule has 1 atom stereocenters. The number of amides is 1. The van der Waals surface area contributed by atoms with Crippen LogP contribution in [0.25, 0.3) is 0 Å². The van der Waals surface area contributed by atoms with Crippen LogP contribution in [0.5, 0.6) is 0 Å². The lowest BCUT2D eigenvalue weighted by molar-refractivity contribution is 0.267. The van der Waals surface area contributed by atoms with Crippen molar-refractivity contribution in [3.8, 4) is 0 Å². The highest BCUT2D eigenvalue weighted by Gasteiger charge is 2.37. The molecule has 0 aromatic rings. The topological polar surface area (TPSA) is 71.2 Å². The third-order valence-corrected chi connectivity index (χ3v) is 3.48. The molecule has 0 fully saturated rings. The fourth-order valence-electron chi connectivity index (χ4n) is 0.744. The molecule has 0 aromatic heterocycles. The van der Waals surface area contributed by atoms with Gasteiger partial charge in [0.2, 0.25) is 0 Å². The van der Waals surface area contributed by atoms with Gasteiger partial charge in [-0.2, -0.15) is 4.99 Å². The molecular formula is C4HN3O2S2. The van der Waals surface area contributed by atoms with E-state index < -0.39 is 13.7 Å². The van der Waals surface area contributed by atoms with E-state index in [1.807, 2.05) is 0 Å². The average Bonchev–Trinajstić information content (AvgIpc) is 2.41. The molecule has 0 N–H and O–H groups in total. The van der Waals surface area contributed by atoms with Crippen molar-refractivity contribution in [3.63, 3.8) is 0 Å². The molecular weight excluding hydrogens is 186 g/mol. The Bertz CT molecular complexity index is 428. The maximum atomic E-state index is 11.3. The predicted octanol–water partition coefficient (Wildman–Crippen LogP) is -0.295. The second-order valence-electron chi connectivity index (χ2n) is 1.88. The number of nitrogens with zero attached hydrogens (tertiary/aromatic N) is 3. The molecule has 7 heteroatoms. The summed E-state index contributed by atoms with van der Waals surface area (Å²) in [7, 11) is -3.09. The lowest BCUT2D eigenvalue weighted by Gasteiger charge is -1.88. The zero-order chi connectivity index (χ0) is 8.06. The lowest BCUT2D eigenvalue weighted by atomic mass is 10.7. The highest BCUT2D eigenvalue weighted by molar-refractivity contribution is 8.51. The van der Waals surface area contributed by atoms with Crippen molar-refractivity contribution in [2.75, 3.05) is 0 Å². The molecule has 0 saturated carbocycles.